The van der Waals surface area contributed by atoms with Gasteiger partial charge in [0.2, 0.25) is 0 Å². The first-order valence-corrected chi connectivity index (χ1v) is 14.9. The van der Waals surface area contributed by atoms with Crippen LogP contribution in [0.4, 0.5) is 0 Å². The highest BCUT2D eigenvalue weighted by Gasteiger charge is 2.64. The fourth-order valence-corrected chi connectivity index (χ4v) is 9.86. The van der Waals surface area contributed by atoms with Crippen LogP contribution in [0.5, 0.6) is 0 Å². The van der Waals surface area contributed by atoms with E-state index in [4.69, 9.17) is 9.47 Å². The zero-order chi connectivity index (χ0) is 28.3. The molecule has 4 rings (SSSR count). The number of carbonyl (C=O) groups excluding carboxylic acids is 4. The number of methoxy groups -OCH3 is 1. The number of ketones is 2. The first-order chi connectivity index (χ1) is 17.5. The molecule has 0 radical (unpaired) electrons. The Hall–Kier alpha value is -1.72. The van der Waals surface area contributed by atoms with Crippen molar-refractivity contribution in [3.8, 4) is 0 Å². The molecule has 2 unspecified atom stereocenters. The van der Waals surface area contributed by atoms with Gasteiger partial charge in [0.25, 0.3) is 0 Å². The van der Waals surface area contributed by atoms with Gasteiger partial charge in [-0.2, -0.15) is 0 Å². The summed E-state index contributed by atoms with van der Waals surface area (Å²) in [6.45, 7) is 14.5. The Morgan fingerprint density at radius 1 is 0.789 bits per heavy atom. The Morgan fingerprint density at radius 3 is 2.11 bits per heavy atom. The van der Waals surface area contributed by atoms with Crippen LogP contribution in [-0.2, 0) is 28.7 Å². The van der Waals surface area contributed by atoms with E-state index in [1.165, 1.54) is 14.0 Å². The molecule has 6 nitrogen and oxygen atoms in total. The van der Waals surface area contributed by atoms with E-state index in [0.29, 0.717) is 44.3 Å². The lowest BCUT2D eigenvalue weighted by atomic mass is 9.40. The summed E-state index contributed by atoms with van der Waals surface area (Å²) in [6, 6.07) is 0. The molecule has 4 saturated carbocycles. The molecule has 0 aromatic heterocycles. The topological polar surface area (TPSA) is 86.7 Å². The summed E-state index contributed by atoms with van der Waals surface area (Å²) in [5, 5.41) is 0. The SMILES string of the molecule is COC(=O)[C@@H]1CC[C@]2(C)CC[C@]3(C)C(=O)CCC4C(C)(C)[C@@H](OC(C)=O)CC[C@]4(C)C(=O)CC[C@@]3(C)C2C1. The smallest absolute Gasteiger partial charge is 0.308 e. The minimum atomic E-state index is -0.552. The van der Waals surface area contributed by atoms with Crippen molar-refractivity contribution >= 4 is 23.5 Å². The number of hydrogen-bond donors (Lipinski definition) is 0. The molecular weight excluding hydrogens is 480 g/mol. The molecule has 0 aromatic carbocycles. The lowest BCUT2D eigenvalue weighted by Gasteiger charge is -2.64. The van der Waals surface area contributed by atoms with Gasteiger partial charge in [-0.05, 0) is 80.5 Å². The van der Waals surface area contributed by atoms with Crippen molar-refractivity contribution in [3.05, 3.63) is 0 Å². The fraction of sp³-hybridized carbons (Fsp3) is 0.875. The second-order valence-corrected chi connectivity index (χ2v) is 14.8. The summed E-state index contributed by atoms with van der Waals surface area (Å²) in [4.78, 5) is 53.0. The molecule has 0 amide bonds. The molecular formula is C32H50O6. The van der Waals surface area contributed by atoms with Crippen LogP contribution >= 0.6 is 0 Å². The number of carbonyl (C=O) groups is 4. The van der Waals surface area contributed by atoms with Crippen molar-refractivity contribution in [2.45, 2.75) is 125 Å². The van der Waals surface area contributed by atoms with E-state index in [9.17, 15) is 19.2 Å². The van der Waals surface area contributed by atoms with Crippen molar-refractivity contribution in [2.24, 2.45) is 44.8 Å². The Kier molecular flexibility index (Phi) is 7.49. The molecule has 0 saturated heterocycles. The second-order valence-electron chi connectivity index (χ2n) is 14.8. The molecule has 0 spiro atoms. The van der Waals surface area contributed by atoms with E-state index >= 15 is 0 Å². The normalized spacial score (nSPS) is 45.2. The highest BCUT2D eigenvalue weighted by atomic mass is 16.5. The van der Waals surface area contributed by atoms with Gasteiger partial charge in [0.1, 0.15) is 17.7 Å². The van der Waals surface area contributed by atoms with Gasteiger partial charge in [0.15, 0.2) is 0 Å². The zero-order valence-electron chi connectivity index (χ0n) is 25.0. The molecule has 0 aromatic rings. The van der Waals surface area contributed by atoms with Gasteiger partial charge in [-0.15, -0.1) is 0 Å². The van der Waals surface area contributed by atoms with Crippen LogP contribution < -0.4 is 0 Å². The van der Waals surface area contributed by atoms with Crippen LogP contribution in [0.25, 0.3) is 0 Å². The van der Waals surface area contributed by atoms with Crippen LogP contribution in [0.2, 0.25) is 0 Å². The first kappa shape index (κ1) is 29.3. The van der Waals surface area contributed by atoms with Crippen LogP contribution in [0.1, 0.15) is 119 Å². The number of Topliss-reactive ketones (excluding diaryl/α,β-unsaturated/α-hetero) is 2. The molecule has 214 valence electrons. The van der Waals surface area contributed by atoms with E-state index in [0.717, 1.165) is 32.1 Å². The molecule has 0 aliphatic heterocycles. The summed E-state index contributed by atoms with van der Waals surface area (Å²) in [5.74, 6) is 0.143. The van der Waals surface area contributed by atoms with Gasteiger partial charge in [0.05, 0.1) is 13.0 Å². The summed E-state index contributed by atoms with van der Waals surface area (Å²) in [6.07, 6.45) is 7.56. The van der Waals surface area contributed by atoms with Gasteiger partial charge < -0.3 is 9.47 Å². The Bertz CT molecular complexity index is 1000. The van der Waals surface area contributed by atoms with E-state index in [1.807, 2.05) is 0 Å². The van der Waals surface area contributed by atoms with Crippen molar-refractivity contribution in [2.75, 3.05) is 7.11 Å². The Morgan fingerprint density at radius 2 is 1.47 bits per heavy atom. The minimum Gasteiger partial charge on any atom is -0.469 e. The molecule has 6 heteroatoms. The van der Waals surface area contributed by atoms with Gasteiger partial charge >= 0.3 is 11.9 Å². The van der Waals surface area contributed by atoms with Crippen molar-refractivity contribution < 1.29 is 28.7 Å². The van der Waals surface area contributed by atoms with Crippen LogP contribution in [0.3, 0.4) is 0 Å². The number of ether oxygens (including phenoxy) is 2. The number of rotatable bonds is 2. The van der Waals surface area contributed by atoms with Gasteiger partial charge in [-0.25, -0.2) is 0 Å². The van der Waals surface area contributed by atoms with Crippen LogP contribution in [0.15, 0.2) is 0 Å². The fourth-order valence-electron chi connectivity index (χ4n) is 9.86. The van der Waals surface area contributed by atoms with Crippen molar-refractivity contribution in [1.29, 1.82) is 0 Å². The first-order valence-electron chi connectivity index (χ1n) is 14.9. The average molecular weight is 531 g/mol. The van der Waals surface area contributed by atoms with Gasteiger partial charge in [0, 0.05) is 36.0 Å². The van der Waals surface area contributed by atoms with Gasteiger partial charge in [-0.1, -0.05) is 41.5 Å². The van der Waals surface area contributed by atoms with Crippen LogP contribution in [-0.4, -0.2) is 36.7 Å². The standard InChI is InChI=1S/C32H50O6/c1-20(33)38-26-13-15-30(5)22(28(26,2)3)9-10-25(35)32(7)18-17-29(4)14-11-21(27(36)37-8)19-23(29)31(32,6)16-12-24(30)34/h21-23,26H,9-19H2,1-8H3/t21-,22?,23?,26+,29-,30+,31+,32-/m1/s1. The quantitative estimate of drug-likeness (QED) is 0.380. The summed E-state index contributed by atoms with van der Waals surface area (Å²) in [5.41, 5.74) is -1.81. The maximum absolute atomic E-state index is 14.3. The molecule has 4 fully saturated rings. The molecule has 0 bridgehead atoms. The molecule has 38 heavy (non-hydrogen) atoms. The van der Waals surface area contributed by atoms with Crippen molar-refractivity contribution in [3.63, 3.8) is 0 Å². The molecule has 4 aliphatic carbocycles. The molecule has 0 N–H and O–H groups in total. The molecule has 0 heterocycles. The predicted molar refractivity (Wildman–Crippen MR) is 145 cm³/mol. The van der Waals surface area contributed by atoms with E-state index in [-0.39, 0.29) is 52.4 Å². The zero-order valence-corrected chi connectivity index (χ0v) is 25.0. The third-order valence-electron chi connectivity index (χ3n) is 12.7. The molecule has 4 aliphatic rings. The maximum Gasteiger partial charge on any atom is 0.308 e. The highest BCUT2D eigenvalue weighted by molar-refractivity contribution is 5.88. The largest absolute Gasteiger partial charge is 0.469 e. The van der Waals surface area contributed by atoms with E-state index in [2.05, 4.69) is 41.5 Å². The molecule has 8 atom stereocenters. The maximum atomic E-state index is 14.3. The monoisotopic (exact) mass is 530 g/mol. The minimum absolute atomic E-state index is 0.0373. The number of fused-ring (bicyclic) bond motifs is 4. The van der Waals surface area contributed by atoms with E-state index in [1.54, 1.807) is 0 Å². The second kappa shape index (κ2) is 9.73. The number of esters is 2. The summed E-state index contributed by atoms with van der Waals surface area (Å²) < 4.78 is 10.9. The number of hydrogen-bond acceptors (Lipinski definition) is 6. The van der Waals surface area contributed by atoms with Gasteiger partial charge in [-0.3, -0.25) is 19.2 Å². The lowest BCUT2D eigenvalue weighted by Crippen LogP contribution is -2.60. The highest BCUT2D eigenvalue weighted by Crippen LogP contribution is 2.68. The lowest BCUT2D eigenvalue weighted by molar-refractivity contribution is -0.183. The third-order valence-corrected chi connectivity index (χ3v) is 12.7. The van der Waals surface area contributed by atoms with E-state index < -0.39 is 16.2 Å². The summed E-state index contributed by atoms with van der Waals surface area (Å²) in [7, 11) is 1.46. The summed E-state index contributed by atoms with van der Waals surface area (Å²) >= 11 is 0. The predicted octanol–water partition coefficient (Wildman–Crippen LogP) is 6.47. The third kappa shape index (κ3) is 4.36. The average Bonchev–Trinajstić information content (AvgIpc) is 2.85. The van der Waals surface area contributed by atoms with Crippen molar-refractivity contribution in [1.82, 2.24) is 0 Å². The Balaban J connectivity index is 1.72. The van der Waals surface area contributed by atoms with Crippen LogP contribution in [0, 0.1) is 44.8 Å². The Labute approximate surface area is 229 Å².